The van der Waals surface area contributed by atoms with Crippen molar-refractivity contribution in [3.05, 3.63) is 70.8 Å². The van der Waals surface area contributed by atoms with Gasteiger partial charge in [-0.2, -0.15) is 0 Å². The highest BCUT2D eigenvalue weighted by Gasteiger charge is 2.29. The number of carbonyl (C=O) groups excluding carboxylic acids is 2. The van der Waals surface area contributed by atoms with Crippen LogP contribution >= 0.6 is 12.4 Å². The topological polar surface area (TPSA) is 93.5 Å². The average molecular weight is 418 g/mol. The number of carbonyl (C=O) groups is 2. The second kappa shape index (κ2) is 11.0. The summed E-state index contributed by atoms with van der Waals surface area (Å²) in [5, 5.41) is 5.80. The second-order valence-corrected chi connectivity index (χ2v) is 7.15. The second-order valence-electron chi connectivity index (χ2n) is 7.15. The molecule has 0 unspecified atom stereocenters. The van der Waals surface area contributed by atoms with E-state index in [1.807, 2.05) is 43.3 Å². The third-order valence-electron chi connectivity index (χ3n) is 4.89. The maximum atomic E-state index is 12.4. The predicted octanol–water partition coefficient (Wildman–Crippen LogP) is 2.47. The van der Waals surface area contributed by atoms with E-state index in [0.29, 0.717) is 31.6 Å². The number of aryl methyl sites for hydroxylation is 1. The summed E-state index contributed by atoms with van der Waals surface area (Å²) in [6.07, 6.45) is 1.03. The minimum Gasteiger partial charge on any atom is -0.364 e. The number of ether oxygens (including phenoxy) is 1. The lowest BCUT2D eigenvalue weighted by molar-refractivity contribution is -0.132. The van der Waals surface area contributed by atoms with Crippen molar-refractivity contribution >= 4 is 24.2 Å². The number of halogens is 1. The molecule has 1 fully saturated rings. The Morgan fingerprint density at radius 3 is 2.45 bits per heavy atom. The number of hydrogen-bond acceptors (Lipinski definition) is 4. The molecule has 1 heterocycles. The van der Waals surface area contributed by atoms with Gasteiger partial charge >= 0.3 is 0 Å². The number of rotatable bonds is 7. The van der Waals surface area contributed by atoms with E-state index in [0.717, 1.165) is 17.5 Å². The fraction of sp³-hybridized carbons (Fsp3) is 0.364. The standard InChI is InChI=1S/C22H27N3O3.ClH/c1-15-5-7-16(8-6-15)13-24-21(26)18-4-2-3-17(11-18)14-25-22(27)20-10-9-19(12-23)28-20;/h2-8,11,19-20H,9-10,12-14,23H2,1H3,(H,24,26)(H,25,27);1H/t19-,20+;/m1./s1. The van der Waals surface area contributed by atoms with Crippen molar-refractivity contribution in [2.24, 2.45) is 5.73 Å². The molecule has 0 aliphatic carbocycles. The fourth-order valence-corrected chi connectivity index (χ4v) is 3.19. The van der Waals surface area contributed by atoms with Gasteiger partial charge in [0, 0.05) is 25.2 Å². The van der Waals surface area contributed by atoms with Crippen LogP contribution in [0.3, 0.4) is 0 Å². The third-order valence-corrected chi connectivity index (χ3v) is 4.89. The molecule has 2 atom stereocenters. The van der Waals surface area contributed by atoms with E-state index in [-0.39, 0.29) is 30.3 Å². The zero-order valence-corrected chi connectivity index (χ0v) is 17.3. The molecule has 7 heteroatoms. The van der Waals surface area contributed by atoms with Gasteiger partial charge in [0.15, 0.2) is 0 Å². The zero-order valence-electron chi connectivity index (χ0n) is 16.5. The van der Waals surface area contributed by atoms with Gasteiger partial charge in [0.25, 0.3) is 5.91 Å². The molecule has 2 aromatic carbocycles. The Kier molecular flexibility index (Phi) is 8.64. The smallest absolute Gasteiger partial charge is 0.251 e. The van der Waals surface area contributed by atoms with Gasteiger partial charge in [-0.25, -0.2) is 0 Å². The highest BCUT2D eigenvalue weighted by atomic mass is 35.5. The SMILES string of the molecule is Cc1ccc(CNC(=O)c2cccc(CNC(=O)[C@@H]3CC[C@H](CN)O3)c2)cc1.Cl. The van der Waals surface area contributed by atoms with Gasteiger partial charge in [0.1, 0.15) is 6.10 Å². The summed E-state index contributed by atoms with van der Waals surface area (Å²) >= 11 is 0. The average Bonchev–Trinajstić information content (AvgIpc) is 3.21. The molecule has 3 rings (SSSR count). The van der Waals surface area contributed by atoms with Crippen LogP contribution in [-0.2, 0) is 22.6 Å². The molecule has 1 aliphatic heterocycles. The lowest BCUT2D eigenvalue weighted by atomic mass is 10.1. The van der Waals surface area contributed by atoms with Crippen LogP contribution in [-0.4, -0.2) is 30.6 Å². The molecule has 0 spiro atoms. The Bertz CT molecular complexity index is 826. The Morgan fingerprint density at radius 1 is 1.03 bits per heavy atom. The summed E-state index contributed by atoms with van der Waals surface area (Å²) in [6, 6.07) is 15.3. The van der Waals surface area contributed by atoms with Crippen molar-refractivity contribution in [1.82, 2.24) is 10.6 Å². The Hall–Kier alpha value is -2.41. The van der Waals surface area contributed by atoms with Crippen LogP contribution in [0.2, 0.25) is 0 Å². The summed E-state index contributed by atoms with van der Waals surface area (Å²) < 4.78 is 5.60. The van der Waals surface area contributed by atoms with Crippen LogP contribution in [0.4, 0.5) is 0 Å². The minimum absolute atomic E-state index is 0. The highest BCUT2D eigenvalue weighted by molar-refractivity contribution is 5.94. The number of nitrogens with two attached hydrogens (primary N) is 1. The summed E-state index contributed by atoms with van der Waals surface area (Å²) in [5.74, 6) is -0.274. The van der Waals surface area contributed by atoms with Gasteiger partial charge in [-0.1, -0.05) is 42.0 Å². The lowest BCUT2D eigenvalue weighted by Gasteiger charge is -2.13. The van der Waals surface area contributed by atoms with Crippen molar-refractivity contribution in [2.45, 2.75) is 45.1 Å². The van der Waals surface area contributed by atoms with Gasteiger partial charge in [-0.3, -0.25) is 9.59 Å². The molecule has 0 radical (unpaired) electrons. The molecule has 0 bridgehead atoms. The number of hydrogen-bond donors (Lipinski definition) is 3. The van der Waals surface area contributed by atoms with Gasteiger partial charge < -0.3 is 21.1 Å². The van der Waals surface area contributed by atoms with E-state index < -0.39 is 6.10 Å². The van der Waals surface area contributed by atoms with Crippen molar-refractivity contribution in [1.29, 1.82) is 0 Å². The summed E-state index contributed by atoms with van der Waals surface area (Å²) in [6.45, 7) is 3.29. The van der Waals surface area contributed by atoms with Crippen LogP contribution < -0.4 is 16.4 Å². The molecule has 0 aromatic heterocycles. The molecule has 156 valence electrons. The zero-order chi connectivity index (χ0) is 19.9. The quantitative estimate of drug-likeness (QED) is 0.645. The van der Waals surface area contributed by atoms with Gasteiger partial charge in [0.05, 0.1) is 6.10 Å². The van der Waals surface area contributed by atoms with E-state index in [9.17, 15) is 9.59 Å². The summed E-state index contributed by atoms with van der Waals surface area (Å²) in [4.78, 5) is 24.6. The summed E-state index contributed by atoms with van der Waals surface area (Å²) in [5.41, 5.74) is 9.25. The first-order valence-electron chi connectivity index (χ1n) is 9.61. The molecule has 2 aromatic rings. The minimum atomic E-state index is -0.436. The van der Waals surface area contributed by atoms with Crippen molar-refractivity contribution in [3.63, 3.8) is 0 Å². The molecule has 29 heavy (non-hydrogen) atoms. The van der Waals surface area contributed by atoms with Crippen LogP contribution in [0.5, 0.6) is 0 Å². The van der Waals surface area contributed by atoms with Crippen LogP contribution in [0.1, 0.15) is 39.9 Å². The largest absolute Gasteiger partial charge is 0.364 e. The normalized spacial score (nSPS) is 18.0. The molecular weight excluding hydrogens is 390 g/mol. The molecule has 1 aliphatic rings. The number of nitrogens with one attached hydrogen (secondary N) is 2. The molecule has 6 nitrogen and oxygen atoms in total. The van der Waals surface area contributed by atoms with Crippen molar-refractivity contribution < 1.29 is 14.3 Å². The Balaban J connectivity index is 0.00000300. The maximum Gasteiger partial charge on any atom is 0.251 e. The molecule has 4 N–H and O–H groups in total. The van der Waals surface area contributed by atoms with Crippen molar-refractivity contribution in [2.75, 3.05) is 6.54 Å². The third kappa shape index (κ3) is 6.56. The van der Waals surface area contributed by atoms with Crippen LogP contribution in [0.25, 0.3) is 0 Å². The first kappa shape index (κ1) is 22.9. The number of amides is 2. The van der Waals surface area contributed by atoms with E-state index in [1.165, 1.54) is 5.56 Å². The van der Waals surface area contributed by atoms with Gasteiger partial charge in [-0.05, 0) is 43.0 Å². The highest BCUT2D eigenvalue weighted by Crippen LogP contribution is 2.19. The monoisotopic (exact) mass is 417 g/mol. The van der Waals surface area contributed by atoms with E-state index in [2.05, 4.69) is 10.6 Å². The predicted molar refractivity (Wildman–Crippen MR) is 115 cm³/mol. The van der Waals surface area contributed by atoms with Crippen LogP contribution in [0.15, 0.2) is 48.5 Å². The lowest BCUT2D eigenvalue weighted by Crippen LogP contribution is -2.35. The Morgan fingerprint density at radius 2 is 1.76 bits per heavy atom. The molecule has 1 saturated heterocycles. The first-order chi connectivity index (χ1) is 13.5. The maximum absolute atomic E-state index is 12.4. The van der Waals surface area contributed by atoms with Gasteiger partial charge in [-0.15, -0.1) is 12.4 Å². The molecule has 2 amide bonds. The summed E-state index contributed by atoms with van der Waals surface area (Å²) in [7, 11) is 0. The molecule has 0 saturated carbocycles. The first-order valence-corrected chi connectivity index (χ1v) is 9.61. The van der Waals surface area contributed by atoms with E-state index in [1.54, 1.807) is 12.1 Å². The van der Waals surface area contributed by atoms with Gasteiger partial charge in [0.2, 0.25) is 5.91 Å². The molecular formula is C22H28ClN3O3. The number of benzene rings is 2. The fourth-order valence-electron chi connectivity index (χ4n) is 3.19. The van der Waals surface area contributed by atoms with E-state index >= 15 is 0 Å². The van der Waals surface area contributed by atoms with Crippen LogP contribution in [0, 0.1) is 6.92 Å². The Labute approximate surface area is 177 Å². The van der Waals surface area contributed by atoms with Crippen molar-refractivity contribution in [3.8, 4) is 0 Å². The van der Waals surface area contributed by atoms with E-state index in [4.69, 9.17) is 10.5 Å².